The number of likely N-dealkylation sites (tertiary alicyclic amines) is 1. The monoisotopic (exact) mass is 528 g/mol. The Balaban J connectivity index is 1.20. The second-order valence-corrected chi connectivity index (χ2v) is 10.9. The van der Waals surface area contributed by atoms with Crippen LogP contribution in [0.2, 0.25) is 10.0 Å². The molecule has 37 heavy (non-hydrogen) atoms. The van der Waals surface area contributed by atoms with E-state index in [0.717, 1.165) is 47.5 Å². The normalized spacial score (nSPS) is 17.2. The zero-order valence-electron chi connectivity index (χ0n) is 20.8. The molecule has 6 rings (SSSR count). The lowest BCUT2D eigenvalue weighted by Crippen LogP contribution is -2.31. The van der Waals surface area contributed by atoms with Gasteiger partial charge in [0.15, 0.2) is 0 Å². The van der Waals surface area contributed by atoms with Crippen LogP contribution in [0.5, 0.6) is 0 Å². The summed E-state index contributed by atoms with van der Waals surface area (Å²) in [7, 11) is 0. The molecule has 1 aliphatic heterocycles. The Labute approximate surface area is 228 Å². The van der Waals surface area contributed by atoms with Gasteiger partial charge in [0.25, 0.3) is 0 Å². The number of nitrogens with zero attached hydrogens (tertiary/aromatic N) is 3. The number of fused-ring (bicyclic) bond motifs is 3. The highest BCUT2D eigenvalue weighted by Crippen LogP contribution is 2.43. The first-order valence-electron chi connectivity index (χ1n) is 13.1. The summed E-state index contributed by atoms with van der Waals surface area (Å²) < 4.78 is 0. The fourth-order valence-electron chi connectivity index (χ4n) is 5.58. The van der Waals surface area contributed by atoms with Gasteiger partial charge in [0.05, 0.1) is 15.7 Å². The highest BCUT2D eigenvalue weighted by Gasteiger charge is 2.27. The van der Waals surface area contributed by atoms with Crippen molar-refractivity contribution in [2.75, 3.05) is 25.0 Å². The van der Waals surface area contributed by atoms with Gasteiger partial charge >= 0.3 is 0 Å². The maximum atomic E-state index is 6.35. The molecule has 4 nitrogen and oxygen atoms in total. The lowest BCUT2D eigenvalue weighted by Gasteiger charge is -2.27. The predicted molar refractivity (Wildman–Crippen MR) is 153 cm³/mol. The first kappa shape index (κ1) is 24.4. The van der Waals surface area contributed by atoms with Crippen LogP contribution in [0.1, 0.15) is 47.4 Å². The topological polar surface area (TPSA) is 41.1 Å². The van der Waals surface area contributed by atoms with Crippen molar-refractivity contribution in [1.82, 2.24) is 14.9 Å². The molecule has 1 atom stereocenters. The van der Waals surface area contributed by atoms with Crippen LogP contribution in [0.3, 0.4) is 0 Å². The average molecular weight is 530 g/mol. The van der Waals surface area contributed by atoms with Gasteiger partial charge in [0, 0.05) is 29.9 Å². The Morgan fingerprint density at radius 2 is 1.70 bits per heavy atom. The van der Waals surface area contributed by atoms with Crippen molar-refractivity contribution in [2.24, 2.45) is 0 Å². The maximum Gasteiger partial charge on any atom is 0.227 e. The molecule has 1 saturated heterocycles. The van der Waals surface area contributed by atoms with E-state index in [1.54, 1.807) is 0 Å². The fraction of sp³-hybridized carbons (Fsp3) is 0.290. The van der Waals surface area contributed by atoms with E-state index in [1.807, 2.05) is 18.3 Å². The molecule has 0 radical (unpaired) electrons. The molecule has 188 valence electrons. The second kappa shape index (κ2) is 10.8. The molecule has 0 bridgehead atoms. The molecule has 1 unspecified atom stereocenters. The Kier molecular flexibility index (Phi) is 7.14. The lowest BCUT2D eigenvalue weighted by atomic mass is 9.78. The minimum atomic E-state index is 0.179. The number of rotatable bonds is 6. The van der Waals surface area contributed by atoms with Crippen molar-refractivity contribution >= 4 is 34.8 Å². The molecule has 2 aliphatic rings. The van der Waals surface area contributed by atoms with Crippen LogP contribution >= 0.6 is 23.2 Å². The standard InChI is InChI=1S/C31H30Cl2N4/c32-28-13-10-22(19-29(28)33)27-18-23-20-34-31(36-30(23)26-7-3-2-6-25(26)27)35-24-11-8-21(9-12-24)14-17-37-15-4-1-5-16-37/h2-3,6-13,19-20,27H,1,4-5,14-18H2,(H,34,35,36). The van der Waals surface area contributed by atoms with E-state index in [1.165, 1.54) is 43.5 Å². The summed E-state index contributed by atoms with van der Waals surface area (Å²) >= 11 is 12.5. The van der Waals surface area contributed by atoms with Crippen molar-refractivity contribution in [3.05, 3.63) is 105 Å². The van der Waals surface area contributed by atoms with Gasteiger partial charge in [-0.15, -0.1) is 0 Å². The van der Waals surface area contributed by atoms with Gasteiger partial charge in [-0.3, -0.25) is 0 Å². The quantitative estimate of drug-likeness (QED) is 0.276. The number of halogens is 2. The first-order valence-corrected chi connectivity index (χ1v) is 13.9. The molecule has 1 aliphatic carbocycles. The van der Waals surface area contributed by atoms with Crippen molar-refractivity contribution < 1.29 is 0 Å². The summed E-state index contributed by atoms with van der Waals surface area (Å²) in [5.74, 6) is 0.793. The first-order chi connectivity index (χ1) is 18.1. The fourth-order valence-corrected chi connectivity index (χ4v) is 5.88. The zero-order valence-corrected chi connectivity index (χ0v) is 22.3. The Hall–Kier alpha value is -2.92. The molecule has 3 aromatic carbocycles. The predicted octanol–water partition coefficient (Wildman–Crippen LogP) is 7.91. The third-order valence-corrected chi connectivity index (χ3v) is 8.34. The van der Waals surface area contributed by atoms with E-state index >= 15 is 0 Å². The van der Waals surface area contributed by atoms with E-state index in [0.29, 0.717) is 16.0 Å². The summed E-state index contributed by atoms with van der Waals surface area (Å²) in [5, 5.41) is 4.56. The smallest absolute Gasteiger partial charge is 0.227 e. The van der Waals surface area contributed by atoms with Crippen molar-refractivity contribution in [2.45, 2.75) is 38.0 Å². The second-order valence-electron chi connectivity index (χ2n) is 10.1. The highest BCUT2D eigenvalue weighted by molar-refractivity contribution is 6.42. The SMILES string of the molecule is Clc1ccc(C2Cc3cnc(Nc4ccc(CCN5CCCCC5)cc4)nc3-c3ccccc32)cc1Cl. The van der Waals surface area contributed by atoms with Crippen LogP contribution < -0.4 is 5.32 Å². The number of benzene rings is 3. The van der Waals surface area contributed by atoms with Crippen molar-refractivity contribution in [1.29, 1.82) is 0 Å². The molecule has 1 N–H and O–H groups in total. The summed E-state index contributed by atoms with van der Waals surface area (Å²) in [6.07, 6.45) is 7.92. The van der Waals surface area contributed by atoms with Crippen LogP contribution in [0.4, 0.5) is 11.6 Å². The molecular formula is C31H30Cl2N4. The molecular weight excluding hydrogens is 499 g/mol. The number of hydrogen-bond acceptors (Lipinski definition) is 4. The van der Waals surface area contributed by atoms with Crippen LogP contribution in [-0.2, 0) is 12.8 Å². The summed E-state index contributed by atoms with van der Waals surface area (Å²) in [6, 6.07) is 23.1. The highest BCUT2D eigenvalue weighted by atomic mass is 35.5. The van der Waals surface area contributed by atoms with Crippen molar-refractivity contribution in [3.8, 4) is 11.3 Å². The molecule has 0 spiro atoms. The minimum absolute atomic E-state index is 0.179. The van der Waals surface area contributed by atoms with E-state index in [4.69, 9.17) is 28.2 Å². The van der Waals surface area contributed by atoms with Gasteiger partial charge in [-0.1, -0.05) is 72.1 Å². The van der Waals surface area contributed by atoms with Crippen LogP contribution in [0, 0.1) is 0 Å². The zero-order chi connectivity index (χ0) is 25.2. The van der Waals surface area contributed by atoms with E-state index in [-0.39, 0.29) is 5.92 Å². The lowest BCUT2D eigenvalue weighted by molar-refractivity contribution is 0.231. The molecule has 2 heterocycles. The minimum Gasteiger partial charge on any atom is -0.324 e. The van der Waals surface area contributed by atoms with Gasteiger partial charge in [-0.05, 0) is 85.3 Å². The number of anilines is 2. The van der Waals surface area contributed by atoms with Gasteiger partial charge < -0.3 is 10.2 Å². The molecule has 1 fully saturated rings. The van der Waals surface area contributed by atoms with Gasteiger partial charge in [0.2, 0.25) is 5.95 Å². The number of hydrogen-bond donors (Lipinski definition) is 1. The number of aromatic nitrogens is 2. The van der Waals surface area contributed by atoms with Crippen LogP contribution in [0.25, 0.3) is 11.3 Å². The third kappa shape index (κ3) is 5.38. The molecule has 6 heteroatoms. The largest absolute Gasteiger partial charge is 0.324 e. The van der Waals surface area contributed by atoms with E-state index < -0.39 is 0 Å². The van der Waals surface area contributed by atoms with Crippen LogP contribution in [0.15, 0.2) is 72.9 Å². The summed E-state index contributed by atoms with van der Waals surface area (Å²) in [5.41, 5.74) is 8.02. The molecule has 1 aromatic heterocycles. The Morgan fingerprint density at radius 3 is 2.51 bits per heavy atom. The molecule has 4 aromatic rings. The number of piperidine rings is 1. The van der Waals surface area contributed by atoms with Gasteiger partial charge in [-0.25, -0.2) is 9.97 Å². The molecule has 0 saturated carbocycles. The van der Waals surface area contributed by atoms with Gasteiger partial charge in [0.1, 0.15) is 0 Å². The molecule has 0 amide bonds. The average Bonchev–Trinajstić information content (AvgIpc) is 2.94. The number of nitrogens with one attached hydrogen (secondary N) is 1. The maximum absolute atomic E-state index is 6.35. The Bertz CT molecular complexity index is 1400. The van der Waals surface area contributed by atoms with E-state index in [2.05, 4.69) is 69.8 Å². The van der Waals surface area contributed by atoms with E-state index in [9.17, 15) is 0 Å². The Morgan fingerprint density at radius 1 is 0.892 bits per heavy atom. The third-order valence-electron chi connectivity index (χ3n) is 7.60. The summed E-state index contributed by atoms with van der Waals surface area (Å²) in [6.45, 7) is 3.63. The van der Waals surface area contributed by atoms with Gasteiger partial charge in [-0.2, -0.15) is 0 Å². The van der Waals surface area contributed by atoms with Crippen molar-refractivity contribution in [3.63, 3.8) is 0 Å². The van der Waals surface area contributed by atoms with Crippen LogP contribution in [-0.4, -0.2) is 34.5 Å². The summed E-state index contributed by atoms with van der Waals surface area (Å²) in [4.78, 5) is 12.2.